The quantitative estimate of drug-likeness (QED) is 0.652. The summed E-state index contributed by atoms with van der Waals surface area (Å²) in [6.45, 7) is 5.99. The van der Waals surface area contributed by atoms with Crippen LogP contribution in [0.2, 0.25) is 0 Å². The third-order valence-electron chi connectivity index (χ3n) is 2.11. The minimum Gasteiger partial charge on any atom is -0.320 e. The molecule has 0 saturated carbocycles. The number of likely N-dealkylation sites (tertiary alicyclic amines) is 1. The van der Waals surface area contributed by atoms with Crippen LogP contribution in [0.15, 0.2) is 0 Å². The van der Waals surface area contributed by atoms with E-state index in [1.807, 2.05) is 7.05 Å². The van der Waals surface area contributed by atoms with Crippen molar-refractivity contribution in [1.29, 1.82) is 0 Å². The Morgan fingerprint density at radius 3 is 2.00 bits per heavy atom. The largest absolute Gasteiger partial charge is 0.320 e. The summed E-state index contributed by atoms with van der Waals surface area (Å²) in [6.07, 6.45) is 5.42. The Bertz CT molecular complexity index is 73.9. The maximum Gasteiger partial charge on any atom is -0.00213 e. The van der Waals surface area contributed by atoms with Gasteiger partial charge in [-0.3, -0.25) is 0 Å². The molecule has 0 amide bonds. The van der Waals surface area contributed by atoms with Crippen molar-refractivity contribution in [2.45, 2.75) is 32.6 Å². The van der Waals surface area contributed by atoms with Gasteiger partial charge < -0.3 is 10.2 Å². The molecule has 1 fully saturated rings. The minimum atomic E-state index is 1.16. The third kappa shape index (κ3) is 8.02. The molecule has 1 aliphatic rings. The Hall–Kier alpha value is -0.0800. The first-order valence-corrected chi connectivity index (χ1v) is 5.14. The van der Waals surface area contributed by atoms with Gasteiger partial charge in [0.05, 0.1) is 0 Å². The van der Waals surface area contributed by atoms with Crippen molar-refractivity contribution in [3.8, 4) is 0 Å². The SMILES string of the molecule is CCCCNC.CN1CCCC1. The molecule has 0 aromatic rings. The molecule has 1 saturated heterocycles. The van der Waals surface area contributed by atoms with E-state index < -0.39 is 0 Å². The molecule has 1 N–H and O–H groups in total. The summed E-state index contributed by atoms with van der Waals surface area (Å²) in [5.74, 6) is 0. The van der Waals surface area contributed by atoms with Gasteiger partial charge in [0.25, 0.3) is 0 Å². The summed E-state index contributed by atoms with van der Waals surface area (Å²) in [7, 11) is 4.16. The van der Waals surface area contributed by atoms with E-state index in [1.165, 1.54) is 38.8 Å². The number of unbranched alkanes of at least 4 members (excludes halogenated alkanes) is 1. The molecule has 1 aliphatic heterocycles. The lowest BCUT2D eigenvalue weighted by Crippen LogP contribution is -2.10. The predicted octanol–water partition coefficient (Wildman–Crippen LogP) is 1.72. The van der Waals surface area contributed by atoms with Crippen molar-refractivity contribution in [3.05, 3.63) is 0 Å². The van der Waals surface area contributed by atoms with Crippen LogP contribution in [0.1, 0.15) is 32.6 Å². The zero-order chi connectivity index (χ0) is 9.23. The molecule has 74 valence electrons. The second kappa shape index (κ2) is 9.01. The molecule has 0 aliphatic carbocycles. The van der Waals surface area contributed by atoms with E-state index in [2.05, 4.69) is 24.2 Å². The average molecular weight is 172 g/mol. The number of nitrogens with one attached hydrogen (secondary N) is 1. The van der Waals surface area contributed by atoms with Gasteiger partial charge in [0.2, 0.25) is 0 Å². The molecule has 2 nitrogen and oxygen atoms in total. The van der Waals surface area contributed by atoms with Crippen LogP contribution in [-0.4, -0.2) is 38.6 Å². The Morgan fingerprint density at radius 2 is 1.83 bits per heavy atom. The molecule has 0 atom stereocenters. The van der Waals surface area contributed by atoms with Gasteiger partial charge in [0.1, 0.15) is 0 Å². The first-order valence-electron chi connectivity index (χ1n) is 5.14. The van der Waals surface area contributed by atoms with E-state index in [0.717, 1.165) is 6.54 Å². The van der Waals surface area contributed by atoms with E-state index in [9.17, 15) is 0 Å². The van der Waals surface area contributed by atoms with Crippen molar-refractivity contribution in [1.82, 2.24) is 10.2 Å². The Labute approximate surface area is 77.3 Å². The van der Waals surface area contributed by atoms with Gasteiger partial charge in [0.15, 0.2) is 0 Å². The summed E-state index contributed by atoms with van der Waals surface area (Å²) in [5, 5.41) is 3.07. The summed E-state index contributed by atoms with van der Waals surface area (Å²) in [6, 6.07) is 0. The van der Waals surface area contributed by atoms with Gasteiger partial charge in [-0.25, -0.2) is 0 Å². The molecule has 0 bridgehead atoms. The topological polar surface area (TPSA) is 15.3 Å². The highest BCUT2D eigenvalue weighted by Crippen LogP contribution is 2.02. The van der Waals surface area contributed by atoms with Crippen LogP contribution in [-0.2, 0) is 0 Å². The third-order valence-corrected chi connectivity index (χ3v) is 2.11. The van der Waals surface area contributed by atoms with Gasteiger partial charge in [-0.2, -0.15) is 0 Å². The monoisotopic (exact) mass is 172 g/mol. The van der Waals surface area contributed by atoms with Gasteiger partial charge in [-0.1, -0.05) is 13.3 Å². The molecule has 12 heavy (non-hydrogen) atoms. The normalized spacial score (nSPS) is 17.2. The Morgan fingerprint density at radius 1 is 1.25 bits per heavy atom. The minimum absolute atomic E-state index is 1.16. The van der Waals surface area contributed by atoms with Crippen LogP contribution in [0.3, 0.4) is 0 Å². The maximum atomic E-state index is 3.07. The van der Waals surface area contributed by atoms with Crippen molar-refractivity contribution in [2.75, 3.05) is 33.7 Å². The van der Waals surface area contributed by atoms with Crippen LogP contribution in [0, 0.1) is 0 Å². The zero-order valence-corrected chi connectivity index (χ0v) is 8.90. The molecule has 2 heteroatoms. The smallest absolute Gasteiger partial charge is 0.00213 e. The number of hydrogen-bond acceptors (Lipinski definition) is 2. The molecule has 0 aromatic heterocycles. The van der Waals surface area contributed by atoms with E-state index >= 15 is 0 Å². The van der Waals surface area contributed by atoms with E-state index in [0.29, 0.717) is 0 Å². The summed E-state index contributed by atoms with van der Waals surface area (Å²) >= 11 is 0. The lowest BCUT2D eigenvalue weighted by atomic mass is 10.3. The highest BCUT2D eigenvalue weighted by atomic mass is 15.1. The first kappa shape index (κ1) is 11.9. The fourth-order valence-electron chi connectivity index (χ4n) is 1.23. The molecule has 0 unspecified atom stereocenters. The molecule has 1 rings (SSSR count). The second-order valence-corrected chi connectivity index (χ2v) is 3.47. The molecule has 0 radical (unpaired) electrons. The molecular formula is C10H24N2. The van der Waals surface area contributed by atoms with Crippen LogP contribution in [0.25, 0.3) is 0 Å². The van der Waals surface area contributed by atoms with Crippen LogP contribution < -0.4 is 5.32 Å². The van der Waals surface area contributed by atoms with Gasteiger partial charge in [-0.05, 0) is 53.0 Å². The van der Waals surface area contributed by atoms with Crippen LogP contribution in [0.5, 0.6) is 0 Å². The summed E-state index contributed by atoms with van der Waals surface area (Å²) in [4.78, 5) is 2.36. The first-order chi connectivity index (χ1) is 5.81. The lowest BCUT2D eigenvalue weighted by Gasteiger charge is -2.01. The number of hydrogen-bond donors (Lipinski definition) is 1. The Kier molecular flexibility index (Phi) is 8.95. The standard InChI is InChI=1S/C5H11N.C5H13N/c1-6-4-2-3-5-6;1-3-4-5-6-2/h2-5H2,1H3;6H,3-5H2,1-2H3. The van der Waals surface area contributed by atoms with Crippen molar-refractivity contribution in [2.24, 2.45) is 0 Å². The van der Waals surface area contributed by atoms with Crippen molar-refractivity contribution < 1.29 is 0 Å². The van der Waals surface area contributed by atoms with Gasteiger partial charge in [0, 0.05) is 0 Å². The van der Waals surface area contributed by atoms with Crippen LogP contribution in [0.4, 0.5) is 0 Å². The number of nitrogens with zero attached hydrogens (tertiary/aromatic N) is 1. The Balaban J connectivity index is 0.000000202. The maximum absolute atomic E-state index is 3.07. The molecule has 0 aromatic carbocycles. The fourth-order valence-corrected chi connectivity index (χ4v) is 1.23. The highest BCUT2D eigenvalue weighted by molar-refractivity contribution is 4.59. The van der Waals surface area contributed by atoms with Gasteiger partial charge in [-0.15, -0.1) is 0 Å². The van der Waals surface area contributed by atoms with E-state index in [1.54, 1.807) is 0 Å². The predicted molar refractivity (Wildman–Crippen MR) is 55.6 cm³/mol. The lowest BCUT2D eigenvalue weighted by molar-refractivity contribution is 0.418. The fraction of sp³-hybridized carbons (Fsp3) is 1.00. The van der Waals surface area contributed by atoms with Gasteiger partial charge >= 0.3 is 0 Å². The van der Waals surface area contributed by atoms with E-state index in [4.69, 9.17) is 0 Å². The van der Waals surface area contributed by atoms with Crippen LogP contribution >= 0.6 is 0 Å². The second-order valence-electron chi connectivity index (χ2n) is 3.47. The zero-order valence-electron chi connectivity index (χ0n) is 8.90. The molecular weight excluding hydrogens is 148 g/mol. The summed E-state index contributed by atoms with van der Waals surface area (Å²) < 4.78 is 0. The molecule has 0 spiro atoms. The summed E-state index contributed by atoms with van der Waals surface area (Å²) in [5.41, 5.74) is 0. The van der Waals surface area contributed by atoms with E-state index in [-0.39, 0.29) is 0 Å². The average Bonchev–Trinajstić information content (AvgIpc) is 2.53. The van der Waals surface area contributed by atoms with Crippen molar-refractivity contribution >= 4 is 0 Å². The van der Waals surface area contributed by atoms with Crippen molar-refractivity contribution in [3.63, 3.8) is 0 Å². The molecule has 1 heterocycles. The number of rotatable bonds is 3. The highest BCUT2D eigenvalue weighted by Gasteiger charge is 2.03.